The maximum absolute atomic E-state index is 12.3. The number of ether oxygens (including phenoxy) is 3. The van der Waals surface area contributed by atoms with E-state index in [0.717, 1.165) is 43.4 Å². The van der Waals surface area contributed by atoms with Crippen LogP contribution in [0.3, 0.4) is 0 Å². The number of hydrogen-bond acceptors (Lipinski definition) is 4. The van der Waals surface area contributed by atoms with Gasteiger partial charge in [-0.1, -0.05) is 86.5 Å². The molecule has 1 atom stereocenters. The fourth-order valence-corrected chi connectivity index (χ4v) is 4.75. The third-order valence-corrected chi connectivity index (χ3v) is 6.65. The lowest BCUT2D eigenvalue weighted by Gasteiger charge is -2.17. The van der Waals surface area contributed by atoms with Crippen molar-refractivity contribution in [2.45, 2.75) is 58.5 Å². The molecule has 194 valence electrons. The van der Waals surface area contributed by atoms with Crippen LogP contribution in [-0.2, 0) is 20.7 Å². The monoisotopic (exact) mass is 498 g/mol. The van der Waals surface area contributed by atoms with Crippen LogP contribution in [0.15, 0.2) is 78.9 Å². The first-order valence-electron chi connectivity index (χ1n) is 13.6. The molecule has 4 nitrogen and oxygen atoms in total. The van der Waals surface area contributed by atoms with Crippen molar-refractivity contribution in [3.63, 3.8) is 0 Å². The van der Waals surface area contributed by atoms with E-state index in [4.69, 9.17) is 14.2 Å². The van der Waals surface area contributed by atoms with Crippen molar-refractivity contribution in [2.75, 3.05) is 19.8 Å². The number of hydrogen-bond donors (Lipinski definition) is 0. The summed E-state index contributed by atoms with van der Waals surface area (Å²) in [6.07, 6.45) is 7.33. The Hall–Kier alpha value is -3.37. The average molecular weight is 499 g/mol. The summed E-state index contributed by atoms with van der Waals surface area (Å²) < 4.78 is 17.1. The van der Waals surface area contributed by atoms with Gasteiger partial charge in [0.2, 0.25) is 0 Å². The predicted octanol–water partition coefficient (Wildman–Crippen LogP) is 7.64. The molecule has 1 aliphatic carbocycles. The Balaban J connectivity index is 1.27. The van der Waals surface area contributed by atoms with Gasteiger partial charge in [-0.15, -0.1) is 0 Å². The summed E-state index contributed by atoms with van der Waals surface area (Å²) in [7, 11) is 0. The van der Waals surface area contributed by atoms with E-state index in [2.05, 4.69) is 61.5 Å². The van der Waals surface area contributed by atoms with Gasteiger partial charge in [-0.05, 0) is 71.7 Å². The first-order chi connectivity index (χ1) is 18.2. The van der Waals surface area contributed by atoms with Crippen molar-refractivity contribution in [1.29, 1.82) is 0 Å². The van der Waals surface area contributed by atoms with Gasteiger partial charge in [0.05, 0.1) is 13.2 Å². The minimum absolute atomic E-state index is 0.291. The van der Waals surface area contributed by atoms with E-state index in [1.54, 1.807) is 0 Å². The van der Waals surface area contributed by atoms with Crippen LogP contribution in [0.2, 0.25) is 0 Å². The second kappa shape index (κ2) is 13.8. The molecular weight excluding hydrogens is 460 g/mol. The number of esters is 1. The zero-order chi connectivity index (χ0) is 25.9. The maximum atomic E-state index is 12.3. The molecule has 0 aliphatic heterocycles. The van der Waals surface area contributed by atoms with Gasteiger partial charge >= 0.3 is 5.97 Å². The summed E-state index contributed by atoms with van der Waals surface area (Å²) in [6, 6.07) is 25.2. The topological polar surface area (TPSA) is 44.8 Å². The van der Waals surface area contributed by atoms with Crippen LogP contribution in [0.1, 0.15) is 62.6 Å². The van der Waals surface area contributed by atoms with Gasteiger partial charge in [0, 0.05) is 13.0 Å². The van der Waals surface area contributed by atoms with Crippen LogP contribution < -0.4 is 4.74 Å². The molecule has 3 aromatic carbocycles. The lowest BCUT2D eigenvalue weighted by molar-refractivity contribution is -0.156. The van der Waals surface area contributed by atoms with E-state index < -0.39 is 6.10 Å². The van der Waals surface area contributed by atoms with Crippen molar-refractivity contribution >= 4 is 11.5 Å². The lowest BCUT2D eigenvalue weighted by Crippen LogP contribution is -2.29. The summed E-state index contributed by atoms with van der Waals surface area (Å²) in [5.74, 6) is 0.547. The highest BCUT2D eigenvalue weighted by molar-refractivity contribution is 6.01. The Labute approximate surface area is 221 Å². The minimum atomic E-state index is -0.567. The zero-order valence-corrected chi connectivity index (χ0v) is 22.1. The number of rotatable bonds is 14. The number of fused-ring (bicyclic) bond motifs is 3. The molecule has 4 heteroatoms. The molecule has 0 spiro atoms. The lowest BCUT2D eigenvalue weighted by atomic mass is 10.0. The Morgan fingerprint density at radius 1 is 0.784 bits per heavy atom. The largest absolute Gasteiger partial charge is 0.494 e. The molecule has 3 aromatic rings. The smallest absolute Gasteiger partial charge is 0.335 e. The highest BCUT2D eigenvalue weighted by Crippen LogP contribution is 2.43. The molecule has 0 bridgehead atoms. The second-order valence-electron chi connectivity index (χ2n) is 9.37. The molecule has 4 rings (SSSR count). The average Bonchev–Trinajstić information content (AvgIpc) is 3.25. The maximum Gasteiger partial charge on any atom is 0.335 e. The molecule has 37 heavy (non-hydrogen) atoms. The Morgan fingerprint density at radius 3 is 2.05 bits per heavy atom. The fraction of sp³-hybridized carbons (Fsp3) is 0.364. The summed E-state index contributed by atoms with van der Waals surface area (Å²) in [5, 5.41) is 0. The predicted molar refractivity (Wildman–Crippen MR) is 150 cm³/mol. The van der Waals surface area contributed by atoms with Gasteiger partial charge in [-0.3, -0.25) is 0 Å². The van der Waals surface area contributed by atoms with Crippen molar-refractivity contribution in [2.24, 2.45) is 0 Å². The molecule has 0 saturated carbocycles. The number of unbranched alkanes of at least 4 members (excludes halogenated alkanes) is 3. The Kier molecular flexibility index (Phi) is 9.96. The van der Waals surface area contributed by atoms with Crippen LogP contribution in [0.4, 0.5) is 0 Å². The first kappa shape index (κ1) is 26.7. The van der Waals surface area contributed by atoms with Gasteiger partial charge in [0.15, 0.2) is 6.10 Å². The van der Waals surface area contributed by atoms with Crippen LogP contribution in [0, 0.1) is 0 Å². The molecule has 0 N–H and O–H groups in total. The third kappa shape index (κ3) is 7.11. The Bertz CT molecular complexity index is 1130. The molecule has 0 aromatic heterocycles. The number of carbonyl (C=O) groups is 1. The molecule has 0 radical (unpaired) electrons. The normalized spacial score (nSPS) is 12.5. The van der Waals surface area contributed by atoms with Crippen molar-refractivity contribution in [3.8, 4) is 16.9 Å². The molecule has 0 saturated heterocycles. The number of allylic oxidation sites excluding steroid dienone is 1. The highest BCUT2D eigenvalue weighted by Gasteiger charge is 2.22. The standard InChI is InChI=1S/C33H38O4/c1-3-5-11-23-37-32(33(34)35-4-2)24-25-18-20-26(21-19-25)36-22-12-10-17-31-29-15-8-6-13-27(29)28-14-7-9-16-30(28)31/h6-9,13-21,32H,3-5,10-12,22-24H2,1-2H3. The molecule has 1 aliphatic rings. The molecule has 0 fully saturated rings. The SMILES string of the molecule is CCCCCOC(Cc1ccc(OCCCC=C2c3ccccc3-c3ccccc32)cc1)C(=O)OCC. The van der Waals surface area contributed by atoms with Crippen LogP contribution in [0.5, 0.6) is 5.75 Å². The summed E-state index contributed by atoms with van der Waals surface area (Å²) in [6.45, 7) is 5.55. The van der Waals surface area contributed by atoms with E-state index in [9.17, 15) is 4.79 Å². The van der Waals surface area contributed by atoms with E-state index in [-0.39, 0.29) is 5.97 Å². The van der Waals surface area contributed by atoms with Gasteiger partial charge in [-0.25, -0.2) is 4.79 Å². The van der Waals surface area contributed by atoms with Gasteiger partial charge < -0.3 is 14.2 Å². The molecule has 0 amide bonds. The summed E-state index contributed by atoms with van der Waals surface area (Å²) >= 11 is 0. The summed E-state index contributed by atoms with van der Waals surface area (Å²) in [5.41, 5.74) is 7.62. The van der Waals surface area contributed by atoms with Crippen LogP contribution in [-0.4, -0.2) is 31.9 Å². The van der Waals surface area contributed by atoms with Crippen molar-refractivity contribution < 1.29 is 19.0 Å². The van der Waals surface area contributed by atoms with Gasteiger partial charge in [-0.2, -0.15) is 0 Å². The van der Waals surface area contributed by atoms with E-state index in [1.807, 2.05) is 31.2 Å². The van der Waals surface area contributed by atoms with E-state index in [0.29, 0.717) is 26.2 Å². The quantitative estimate of drug-likeness (QED) is 0.132. The van der Waals surface area contributed by atoms with Crippen molar-refractivity contribution in [1.82, 2.24) is 0 Å². The van der Waals surface area contributed by atoms with Crippen LogP contribution >= 0.6 is 0 Å². The van der Waals surface area contributed by atoms with Crippen LogP contribution in [0.25, 0.3) is 16.7 Å². The number of benzene rings is 3. The first-order valence-corrected chi connectivity index (χ1v) is 13.6. The summed E-state index contributed by atoms with van der Waals surface area (Å²) in [4.78, 5) is 12.3. The number of carbonyl (C=O) groups excluding carboxylic acids is 1. The third-order valence-electron chi connectivity index (χ3n) is 6.65. The minimum Gasteiger partial charge on any atom is -0.494 e. The highest BCUT2D eigenvalue weighted by atomic mass is 16.6. The second-order valence-corrected chi connectivity index (χ2v) is 9.37. The molecule has 0 heterocycles. The fourth-order valence-electron chi connectivity index (χ4n) is 4.75. The molecule has 1 unspecified atom stereocenters. The van der Waals surface area contributed by atoms with E-state index >= 15 is 0 Å². The zero-order valence-electron chi connectivity index (χ0n) is 22.1. The molecular formula is C33H38O4. The van der Waals surface area contributed by atoms with Crippen molar-refractivity contribution in [3.05, 3.63) is 95.6 Å². The Morgan fingerprint density at radius 2 is 1.43 bits per heavy atom. The van der Waals surface area contributed by atoms with Gasteiger partial charge in [0.1, 0.15) is 5.75 Å². The van der Waals surface area contributed by atoms with Gasteiger partial charge in [0.25, 0.3) is 0 Å². The van der Waals surface area contributed by atoms with E-state index in [1.165, 1.54) is 27.8 Å².